The van der Waals surface area contributed by atoms with Gasteiger partial charge in [0, 0.05) is 12.5 Å². The zero-order chi connectivity index (χ0) is 13.5. The average molecular weight is 381 g/mol. The van der Waals surface area contributed by atoms with Gasteiger partial charge in [-0.3, -0.25) is 4.99 Å². The molecule has 2 rings (SSSR count). The molecular formula is C16H20IN3. The summed E-state index contributed by atoms with van der Waals surface area (Å²) in [5.41, 5.74) is 13.4. The minimum atomic E-state index is 0. The van der Waals surface area contributed by atoms with E-state index in [1.165, 1.54) is 11.1 Å². The van der Waals surface area contributed by atoms with E-state index in [0.717, 1.165) is 6.42 Å². The molecule has 106 valence electrons. The number of rotatable bonds is 5. The number of guanidine groups is 1. The maximum Gasteiger partial charge on any atom is 0.185 e. The van der Waals surface area contributed by atoms with E-state index in [2.05, 4.69) is 41.4 Å². The van der Waals surface area contributed by atoms with Crippen molar-refractivity contribution in [3.05, 3.63) is 71.8 Å². The van der Waals surface area contributed by atoms with Gasteiger partial charge in [0.25, 0.3) is 0 Å². The summed E-state index contributed by atoms with van der Waals surface area (Å²) in [5.74, 6) is 0.444. The van der Waals surface area contributed by atoms with E-state index in [0.29, 0.717) is 12.5 Å². The first kappa shape index (κ1) is 16.5. The van der Waals surface area contributed by atoms with Gasteiger partial charge in [0.1, 0.15) is 0 Å². The van der Waals surface area contributed by atoms with E-state index in [-0.39, 0.29) is 29.9 Å². The molecule has 1 atom stereocenters. The molecule has 20 heavy (non-hydrogen) atoms. The van der Waals surface area contributed by atoms with E-state index in [4.69, 9.17) is 11.5 Å². The number of nitrogens with zero attached hydrogens (tertiary/aromatic N) is 1. The molecule has 0 aliphatic carbocycles. The number of hydrogen-bond acceptors (Lipinski definition) is 1. The molecule has 0 aliphatic rings. The highest BCUT2D eigenvalue weighted by atomic mass is 127. The second kappa shape index (κ2) is 8.58. The zero-order valence-electron chi connectivity index (χ0n) is 11.3. The molecule has 2 aromatic carbocycles. The standard InChI is InChI=1S/C16H19N3.HI/c17-16(18)19-12-15(14-9-5-2-6-10-14)11-13-7-3-1-4-8-13;/h1-10,15H,11-12H2,(H4,17,18,19);1H. The van der Waals surface area contributed by atoms with Crippen LogP contribution in [0.2, 0.25) is 0 Å². The smallest absolute Gasteiger partial charge is 0.185 e. The van der Waals surface area contributed by atoms with Gasteiger partial charge in [-0.05, 0) is 17.5 Å². The minimum Gasteiger partial charge on any atom is -0.370 e. The third-order valence-electron chi connectivity index (χ3n) is 3.09. The van der Waals surface area contributed by atoms with Crippen molar-refractivity contribution < 1.29 is 0 Å². The molecule has 0 fully saturated rings. The molecule has 0 aliphatic heterocycles. The summed E-state index contributed by atoms with van der Waals surface area (Å²) >= 11 is 0. The molecule has 1 unspecified atom stereocenters. The van der Waals surface area contributed by atoms with Crippen molar-refractivity contribution in [2.45, 2.75) is 12.3 Å². The van der Waals surface area contributed by atoms with E-state index >= 15 is 0 Å². The van der Waals surface area contributed by atoms with Gasteiger partial charge in [-0.2, -0.15) is 0 Å². The molecule has 0 spiro atoms. The Hall–Kier alpha value is -1.56. The van der Waals surface area contributed by atoms with Gasteiger partial charge in [-0.1, -0.05) is 60.7 Å². The summed E-state index contributed by atoms with van der Waals surface area (Å²) < 4.78 is 0. The normalized spacial score (nSPS) is 11.2. The van der Waals surface area contributed by atoms with Crippen molar-refractivity contribution >= 4 is 29.9 Å². The van der Waals surface area contributed by atoms with Gasteiger partial charge in [-0.15, -0.1) is 24.0 Å². The third-order valence-corrected chi connectivity index (χ3v) is 3.09. The predicted octanol–water partition coefficient (Wildman–Crippen LogP) is 2.90. The van der Waals surface area contributed by atoms with Gasteiger partial charge in [0.15, 0.2) is 5.96 Å². The largest absolute Gasteiger partial charge is 0.370 e. The number of benzene rings is 2. The van der Waals surface area contributed by atoms with Crippen LogP contribution in [0.1, 0.15) is 17.0 Å². The van der Waals surface area contributed by atoms with Gasteiger partial charge < -0.3 is 11.5 Å². The topological polar surface area (TPSA) is 64.4 Å². The lowest BCUT2D eigenvalue weighted by Crippen LogP contribution is -2.24. The van der Waals surface area contributed by atoms with Crippen molar-refractivity contribution in [3.63, 3.8) is 0 Å². The van der Waals surface area contributed by atoms with Crippen molar-refractivity contribution in [2.24, 2.45) is 16.5 Å². The van der Waals surface area contributed by atoms with Gasteiger partial charge in [0.2, 0.25) is 0 Å². The van der Waals surface area contributed by atoms with Gasteiger partial charge >= 0.3 is 0 Å². The van der Waals surface area contributed by atoms with Crippen LogP contribution in [-0.2, 0) is 6.42 Å². The van der Waals surface area contributed by atoms with Crippen LogP contribution < -0.4 is 11.5 Å². The first-order valence-electron chi connectivity index (χ1n) is 6.40. The van der Waals surface area contributed by atoms with E-state index in [1.807, 2.05) is 24.3 Å². The molecule has 2 aromatic rings. The summed E-state index contributed by atoms with van der Waals surface area (Å²) in [6.45, 7) is 0.612. The maximum atomic E-state index is 5.44. The van der Waals surface area contributed by atoms with E-state index in [9.17, 15) is 0 Å². The second-order valence-corrected chi connectivity index (χ2v) is 4.56. The number of halogens is 1. The fourth-order valence-corrected chi connectivity index (χ4v) is 2.13. The highest BCUT2D eigenvalue weighted by Crippen LogP contribution is 2.21. The van der Waals surface area contributed by atoms with Gasteiger partial charge in [0.05, 0.1) is 0 Å². The molecule has 0 bridgehead atoms. The van der Waals surface area contributed by atoms with Crippen molar-refractivity contribution in [1.82, 2.24) is 0 Å². The van der Waals surface area contributed by atoms with Crippen LogP contribution in [-0.4, -0.2) is 12.5 Å². The van der Waals surface area contributed by atoms with Crippen LogP contribution in [0.25, 0.3) is 0 Å². The third kappa shape index (κ3) is 5.21. The first-order valence-corrected chi connectivity index (χ1v) is 6.40. The Bertz CT molecular complexity index is 522. The van der Waals surface area contributed by atoms with E-state index in [1.54, 1.807) is 0 Å². The van der Waals surface area contributed by atoms with Crippen molar-refractivity contribution in [3.8, 4) is 0 Å². The fourth-order valence-electron chi connectivity index (χ4n) is 2.13. The molecule has 0 saturated carbocycles. The lowest BCUT2D eigenvalue weighted by Gasteiger charge is -2.15. The Kier molecular flexibility index (Phi) is 7.08. The van der Waals surface area contributed by atoms with Crippen LogP contribution in [0.4, 0.5) is 0 Å². The van der Waals surface area contributed by atoms with Crippen LogP contribution >= 0.6 is 24.0 Å². The quantitative estimate of drug-likeness (QED) is 0.475. The Labute approximate surface area is 137 Å². The van der Waals surface area contributed by atoms with Gasteiger partial charge in [-0.25, -0.2) is 0 Å². The van der Waals surface area contributed by atoms with Crippen molar-refractivity contribution in [2.75, 3.05) is 6.54 Å². The Balaban J connectivity index is 0.00000200. The van der Waals surface area contributed by atoms with Crippen LogP contribution in [0.3, 0.4) is 0 Å². The fraction of sp³-hybridized carbons (Fsp3) is 0.188. The highest BCUT2D eigenvalue weighted by Gasteiger charge is 2.11. The molecule has 0 saturated heterocycles. The molecule has 0 aromatic heterocycles. The molecule has 3 nitrogen and oxygen atoms in total. The molecule has 4 N–H and O–H groups in total. The summed E-state index contributed by atoms with van der Waals surface area (Å²) in [4.78, 5) is 4.17. The number of hydrogen-bond donors (Lipinski definition) is 2. The molecule has 4 heteroatoms. The summed E-state index contributed by atoms with van der Waals surface area (Å²) in [7, 11) is 0. The SMILES string of the molecule is I.NC(N)=NCC(Cc1ccccc1)c1ccccc1. The Morgan fingerprint density at radius 1 is 0.900 bits per heavy atom. The molecule has 0 amide bonds. The average Bonchev–Trinajstić information content (AvgIpc) is 2.45. The number of nitrogens with two attached hydrogens (primary N) is 2. The summed E-state index contributed by atoms with van der Waals surface area (Å²) in [5, 5.41) is 0. The molecule has 0 heterocycles. The first-order chi connectivity index (χ1) is 9.25. The molecule has 0 radical (unpaired) electrons. The van der Waals surface area contributed by atoms with Crippen molar-refractivity contribution in [1.29, 1.82) is 0 Å². The van der Waals surface area contributed by atoms with Crippen LogP contribution in [0.5, 0.6) is 0 Å². The minimum absolute atomic E-state index is 0. The Morgan fingerprint density at radius 3 is 2.00 bits per heavy atom. The zero-order valence-corrected chi connectivity index (χ0v) is 13.6. The second-order valence-electron chi connectivity index (χ2n) is 4.56. The van der Waals surface area contributed by atoms with E-state index < -0.39 is 0 Å². The van der Waals surface area contributed by atoms with Crippen LogP contribution in [0.15, 0.2) is 65.7 Å². The number of aliphatic imine (C=N–C) groups is 1. The molecular weight excluding hydrogens is 361 g/mol. The summed E-state index contributed by atoms with van der Waals surface area (Å²) in [6.07, 6.45) is 0.932. The maximum absolute atomic E-state index is 5.44. The van der Waals surface area contributed by atoms with Crippen LogP contribution in [0, 0.1) is 0 Å². The summed E-state index contributed by atoms with van der Waals surface area (Å²) in [6, 6.07) is 20.7. The lowest BCUT2D eigenvalue weighted by molar-refractivity contribution is 0.694. The monoisotopic (exact) mass is 381 g/mol. The Morgan fingerprint density at radius 2 is 1.45 bits per heavy atom. The predicted molar refractivity (Wildman–Crippen MR) is 95.4 cm³/mol. The lowest BCUT2D eigenvalue weighted by atomic mass is 9.92. The highest BCUT2D eigenvalue weighted by molar-refractivity contribution is 14.0.